The summed E-state index contributed by atoms with van der Waals surface area (Å²) < 4.78 is 49.4. The van der Waals surface area contributed by atoms with Gasteiger partial charge in [-0.1, -0.05) is 72.3 Å². The van der Waals surface area contributed by atoms with Gasteiger partial charge in [0.2, 0.25) is 6.54 Å². The van der Waals surface area contributed by atoms with Gasteiger partial charge in [0.25, 0.3) is 8.53 Å². The van der Waals surface area contributed by atoms with Crippen LogP contribution in [0.1, 0.15) is 82.1 Å². The number of hydrogen-bond acceptors (Lipinski definition) is 16. The zero-order valence-corrected chi connectivity index (χ0v) is 51.1. The number of benzene rings is 5. The molecular formula is C62H74ClN12O8P. The van der Waals surface area contributed by atoms with Gasteiger partial charge in [-0.25, -0.2) is 35.7 Å². The number of rotatable bonds is 26. The summed E-state index contributed by atoms with van der Waals surface area (Å²) in [4.78, 5) is 35.4. The number of amidine groups is 1. The van der Waals surface area contributed by atoms with Gasteiger partial charge in [0, 0.05) is 44.8 Å². The third-order valence-electron chi connectivity index (χ3n) is 14.1. The number of azo groups is 1. The third kappa shape index (κ3) is 15.0. The fraction of sp³-hybridized carbons (Fsp3) is 0.387. The van der Waals surface area contributed by atoms with Gasteiger partial charge in [-0.3, -0.25) is 0 Å². The Morgan fingerprint density at radius 3 is 2.15 bits per heavy atom. The monoisotopic (exact) mass is 1180 g/mol. The smallest absolute Gasteiger partial charge is 0.409 e. The SMILES string of the molecule is [C-]#[N+]CCOP(OC1CC(n2nc(CNC(=O)OCN(CC)c3ccc(/N=N/c4ccc(C)cc4Cl)cc3)c3c(/N=C(/C)N(C)C)ncnc32)OC1COC(c1ccccc1)(c1ccc(OC)cc1)c1ccc(OC)cc1)N(C(C)C)C(C)C. The topological polar surface area (TPSA) is 188 Å². The second-order valence-electron chi connectivity index (χ2n) is 20.6. The number of hydrogen-bond donors (Lipinski definition) is 1. The Hall–Kier alpha value is -7.60. The van der Waals surface area contributed by atoms with E-state index in [2.05, 4.69) is 57.7 Å². The summed E-state index contributed by atoms with van der Waals surface area (Å²) in [5.41, 5.74) is 5.27. The molecule has 442 valence electrons. The molecule has 4 atom stereocenters. The van der Waals surface area contributed by atoms with Crippen molar-refractivity contribution in [2.24, 2.45) is 15.2 Å². The predicted octanol–water partition coefficient (Wildman–Crippen LogP) is 13.5. The fourth-order valence-electron chi connectivity index (χ4n) is 9.71. The van der Waals surface area contributed by atoms with Crippen LogP contribution in [-0.4, -0.2) is 127 Å². The molecular weight excluding hydrogens is 1110 g/mol. The van der Waals surface area contributed by atoms with E-state index >= 15 is 0 Å². The molecule has 0 radical (unpaired) electrons. The maximum Gasteiger partial charge on any atom is 0.409 e. The Balaban J connectivity index is 1.12. The van der Waals surface area contributed by atoms with Crippen LogP contribution in [0.4, 0.5) is 27.7 Å². The maximum absolute atomic E-state index is 13.7. The zero-order chi connectivity index (χ0) is 59.9. The molecule has 1 N–H and O–H groups in total. The molecule has 8 rings (SSSR count). The summed E-state index contributed by atoms with van der Waals surface area (Å²) in [5, 5.41) is 17.8. The van der Waals surface area contributed by atoms with Crippen LogP contribution in [-0.2, 0) is 35.4 Å². The number of halogens is 1. The Morgan fingerprint density at radius 2 is 1.56 bits per heavy atom. The molecule has 1 saturated heterocycles. The van der Waals surface area contributed by atoms with Crippen molar-refractivity contribution < 1.29 is 37.5 Å². The van der Waals surface area contributed by atoms with Crippen LogP contribution in [0.15, 0.2) is 143 Å². The summed E-state index contributed by atoms with van der Waals surface area (Å²) in [5.74, 6) is 2.41. The van der Waals surface area contributed by atoms with E-state index < -0.39 is 38.7 Å². The second-order valence-corrected chi connectivity index (χ2v) is 22.4. The number of nitrogens with zero attached hydrogens (tertiary/aromatic N) is 11. The first-order valence-electron chi connectivity index (χ1n) is 27.8. The number of carbonyl (C=O) groups is 1. The summed E-state index contributed by atoms with van der Waals surface area (Å²) in [6.07, 6.45) is -1.14. The van der Waals surface area contributed by atoms with Gasteiger partial charge in [0.15, 0.2) is 24.4 Å². The highest BCUT2D eigenvalue weighted by atomic mass is 35.5. The van der Waals surface area contributed by atoms with Crippen molar-refractivity contribution >= 4 is 66.0 Å². The van der Waals surface area contributed by atoms with Gasteiger partial charge < -0.3 is 52.7 Å². The molecule has 1 amide bonds. The molecule has 7 aromatic rings. The zero-order valence-electron chi connectivity index (χ0n) is 49.5. The van der Waals surface area contributed by atoms with Gasteiger partial charge in [0.05, 0.1) is 55.3 Å². The lowest BCUT2D eigenvalue weighted by atomic mass is 9.80. The lowest BCUT2D eigenvalue weighted by Gasteiger charge is -2.39. The standard InChI is InChI=1S/C62H74ClN12O8P/c1-13-73(49-26-24-48(25-27-49)69-70-53-32-19-43(6)35-52(53)63)40-79-61(76)65-37-54-58-59(68-44(7)72(9)10)66-39-67-60(58)74(71-54)57-36-55(83-84(81-34-33-64-8)75(41(2)3)42(4)5)56(82-57)38-80-62(45-17-15-14-16-18-45,46-20-28-50(77-11)29-21-46)47-22-30-51(78-12)31-23-47/h14-32,35,39,41-42,55-57H,13,33-34,36-38,40H2,1-7,9-12H3,(H,65,76)/b68-44-,70-69+. The number of amides is 1. The largest absolute Gasteiger partial charge is 0.497 e. The molecule has 22 heteroatoms. The number of aromatic nitrogens is 4. The van der Waals surface area contributed by atoms with Gasteiger partial charge in [-0.2, -0.15) is 10.2 Å². The first kappa shape index (κ1) is 62.4. The van der Waals surface area contributed by atoms with E-state index in [1.54, 1.807) is 18.9 Å². The van der Waals surface area contributed by atoms with E-state index in [1.807, 2.05) is 166 Å². The molecule has 4 unspecified atom stereocenters. The minimum atomic E-state index is -1.75. The van der Waals surface area contributed by atoms with Crippen molar-refractivity contribution in [2.45, 2.75) is 97.6 Å². The number of aryl methyl sites for hydroxylation is 1. The highest BCUT2D eigenvalue weighted by molar-refractivity contribution is 7.44. The minimum Gasteiger partial charge on any atom is -0.497 e. The van der Waals surface area contributed by atoms with Gasteiger partial charge in [0.1, 0.15) is 47.7 Å². The molecule has 1 aliphatic heterocycles. The summed E-state index contributed by atoms with van der Waals surface area (Å²) >= 11 is 6.38. The van der Waals surface area contributed by atoms with Crippen LogP contribution in [0.25, 0.3) is 15.9 Å². The molecule has 20 nitrogen and oxygen atoms in total. The van der Waals surface area contributed by atoms with Crippen LogP contribution in [0.3, 0.4) is 0 Å². The third-order valence-corrected chi connectivity index (χ3v) is 16.6. The molecule has 0 saturated carbocycles. The summed E-state index contributed by atoms with van der Waals surface area (Å²) in [6.45, 7) is 22.6. The lowest BCUT2D eigenvalue weighted by molar-refractivity contribution is -0.0931. The van der Waals surface area contributed by atoms with Crippen molar-refractivity contribution in [1.82, 2.24) is 34.6 Å². The summed E-state index contributed by atoms with van der Waals surface area (Å²) in [6, 6.07) is 38.9. The van der Waals surface area contributed by atoms with Crippen LogP contribution < -0.4 is 19.7 Å². The minimum absolute atomic E-state index is 0.0160. The number of nitrogens with one attached hydrogen (secondary N) is 1. The van der Waals surface area contributed by atoms with Crippen molar-refractivity contribution in [3.8, 4) is 11.5 Å². The Kier molecular flexibility index (Phi) is 21.8. The average molecular weight is 1180 g/mol. The lowest BCUT2D eigenvalue weighted by Crippen LogP contribution is -2.39. The number of ether oxygens (including phenoxy) is 5. The Morgan fingerprint density at radius 1 is 0.905 bits per heavy atom. The average Bonchev–Trinajstić information content (AvgIpc) is 1.88. The predicted molar refractivity (Wildman–Crippen MR) is 328 cm³/mol. The number of alkyl carbamates (subject to hydrolysis) is 1. The van der Waals surface area contributed by atoms with Crippen molar-refractivity contribution in [3.05, 3.63) is 172 Å². The molecule has 0 aliphatic carbocycles. The van der Waals surface area contributed by atoms with Gasteiger partial charge in [-0.05, 0) is 131 Å². The van der Waals surface area contributed by atoms with E-state index in [4.69, 9.17) is 66.0 Å². The van der Waals surface area contributed by atoms with E-state index in [1.165, 1.54) is 6.33 Å². The first-order chi connectivity index (χ1) is 40.6. The number of aliphatic imine (C=N–C) groups is 1. The molecule has 1 fully saturated rings. The molecule has 2 aromatic heterocycles. The number of fused-ring (bicyclic) bond motifs is 1. The van der Waals surface area contributed by atoms with E-state index in [-0.39, 0.29) is 51.5 Å². The van der Waals surface area contributed by atoms with Crippen molar-refractivity contribution in [1.29, 1.82) is 0 Å². The van der Waals surface area contributed by atoms with E-state index in [9.17, 15) is 4.79 Å². The Labute approximate surface area is 498 Å². The number of methoxy groups -OCH3 is 2. The van der Waals surface area contributed by atoms with Crippen LogP contribution in [0.2, 0.25) is 5.02 Å². The Bertz CT molecular complexity index is 3330. The quantitative estimate of drug-likeness (QED) is 0.00788. The molecule has 0 bridgehead atoms. The highest BCUT2D eigenvalue weighted by Gasteiger charge is 2.46. The fourth-order valence-corrected chi connectivity index (χ4v) is 11.7. The summed E-state index contributed by atoms with van der Waals surface area (Å²) in [7, 11) is 5.31. The van der Waals surface area contributed by atoms with E-state index in [0.717, 1.165) is 27.9 Å². The van der Waals surface area contributed by atoms with E-state index in [0.29, 0.717) is 62.8 Å². The first-order valence-corrected chi connectivity index (χ1v) is 29.3. The van der Waals surface area contributed by atoms with Crippen molar-refractivity contribution in [3.63, 3.8) is 0 Å². The van der Waals surface area contributed by atoms with Crippen molar-refractivity contribution in [2.75, 3.05) is 66.2 Å². The van der Waals surface area contributed by atoms with Crippen LogP contribution in [0.5, 0.6) is 11.5 Å². The molecule has 84 heavy (non-hydrogen) atoms. The van der Waals surface area contributed by atoms with Gasteiger partial charge >= 0.3 is 6.09 Å². The normalized spacial score (nSPS) is 15.9. The number of anilines is 1. The maximum atomic E-state index is 13.7. The second kappa shape index (κ2) is 29.3. The molecule has 3 heterocycles. The highest BCUT2D eigenvalue weighted by Crippen LogP contribution is 2.51. The molecule has 1 aliphatic rings. The van der Waals surface area contributed by atoms with Crippen LogP contribution in [0, 0.1) is 13.5 Å². The molecule has 5 aromatic carbocycles. The number of carbonyl (C=O) groups excluding carboxylic acids is 1. The van der Waals surface area contributed by atoms with Gasteiger partial charge in [-0.15, -0.1) is 5.11 Å². The molecule has 0 spiro atoms. The van der Waals surface area contributed by atoms with Crippen LogP contribution >= 0.6 is 20.1 Å².